The third-order valence-corrected chi connectivity index (χ3v) is 2.71. The number of carbonyl (C=O) groups excluding carboxylic acids is 1. The molecule has 20 heavy (non-hydrogen) atoms. The van der Waals surface area contributed by atoms with E-state index in [-0.39, 0.29) is 12.1 Å². The van der Waals surface area contributed by atoms with Gasteiger partial charge in [0.1, 0.15) is 12.0 Å². The molecule has 0 radical (unpaired) electrons. The van der Waals surface area contributed by atoms with E-state index < -0.39 is 12.0 Å². The molecule has 2 amide bonds. The van der Waals surface area contributed by atoms with E-state index in [1.54, 1.807) is 24.3 Å². The lowest BCUT2D eigenvalue weighted by Crippen LogP contribution is -2.37. The molecular formula is C13H13N3O4. The van der Waals surface area contributed by atoms with Crippen LogP contribution in [0.5, 0.6) is 0 Å². The molecule has 7 heteroatoms. The third-order valence-electron chi connectivity index (χ3n) is 2.71. The highest BCUT2D eigenvalue weighted by Crippen LogP contribution is 2.19. The number of aromatic carboxylic acids is 1. The zero-order chi connectivity index (χ0) is 14.5. The normalized spacial score (nSPS) is 10.1. The molecular weight excluding hydrogens is 262 g/mol. The number of para-hydroxylation sites is 1. The summed E-state index contributed by atoms with van der Waals surface area (Å²) < 4.78 is 4.65. The molecule has 7 nitrogen and oxygen atoms in total. The number of benzene rings is 1. The van der Waals surface area contributed by atoms with Gasteiger partial charge in [-0.2, -0.15) is 0 Å². The molecule has 2 rings (SSSR count). The van der Waals surface area contributed by atoms with Crippen molar-refractivity contribution >= 4 is 17.7 Å². The summed E-state index contributed by atoms with van der Waals surface area (Å²) in [5.74, 6) is -1.09. The molecule has 0 aliphatic rings. The number of nitrogens with zero attached hydrogens (tertiary/aromatic N) is 2. The first-order chi connectivity index (χ1) is 9.59. The van der Waals surface area contributed by atoms with Gasteiger partial charge < -0.3 is 14.9 Å². The van der Waals surface area contributed by atoms with E-state index in [0.29, 0.717) is 11.4 Å². The molecule has 0 aliphatic heterocycles. The van der Waals surface area contributed by atoms with Crippen LogP contribution in [0.3, 0.4) is 0 Å². The van der Waals surface area contributed by atoms with Crippen molar-refractivity contribution in [3.05, 3.63) is 47.9 Å². The van der Waals surface area contributed by atoms with Gasteiger partial charge >= 0.3 is 12.0 Å². The second-order valence-electron chi connectivity index (χ2n) is 4.03. The van der Waals surface area contributed by atoms with Crippen LogP contribution in [-0.2, 0) is 6.54 Å². The van der Waals surface area contributed by atoms with Crippen molar-refractivity contribution in [2.75, 3.05) is 11.9 Å². The summed E-state index contributed by atoms with van der Waals surface area (Å²) in [4.78, 5) is 24.3. The summed E-state index contributed by atoms with van der Waals surface area (Å²) in [6, 6.07) is 7.49. The fourth-order valence-electron chi connectivity index (χ4n) is 1.67. The molecule has 1 heterocycles. The van der Waals surface area contributed by atoms with Crippen LogP contribution in [0.2, 0.25) is 0 Å². The van der Waals surface area contributed by atoms with E-state index in [9.17, 15) is 9.59 Å². The number of aromatic nitrogens is 1. The molecule has 1 aromatic carbocycles. The molecule has 0 aliphatic carbocycles. The number of amides is 2. The highest BCUT2D eigenvalue weighted by atomic mass is 16.5. The Morgan fingerprint density at radius 3 is 2.75 bits per heavy atom. The largest absolute Gasteiger partial charge is 0.478 e. The van der Waals surface area contributed by atoms with Crippen LogP contribution in [0.25, 0.3) is 0 Å². The van der Waals surface area contributed by atoms with E-state index in [2.05, 4.69) is 15.0 Å². The van der Waals surface area contributed by atoms with Crippen molar-refractivity contribution in [1.82, 2.24) is 10.5 Å². The van der Waals surface area contributed by atoms with Gasteiger partial charge in [0.2, 0.25) is 0 Å². The van der Waals surface area contributed by atoms with Crippen LogP contribution in [-0.4, -0.2) is 29.3 Å². The van der Waals surface area contributed by atoms with Crippen LogP contribution in [0.4, 0.5) is 10.5 Å². The van der Waals surface area contributed by atoms with E-state index in [0.717, 1.165) is 0 Å². The Kier molecular flexibility index (Phi) is 3.99. The predicted octanol–water partition coefficient (Wildman–Crippen LogP) is 1.72. The van der Waals surface area contributed by atoms with Gasteiger partial charge in [-0.1, -0.05) is 17.3 Å². The first kappa shape index (κ1) is 13.6. The number of hydrogen-bond acceptors (Lipinski definition) is 4. The summed E-state index contributed by atoms with van der Waals surface area (Å²) in [7, 11) is 1.50. The van der Waals surface area contributed by atoms with Crippen molar-refractivity contribution in [2.45, 2.75) is 6.54 Å². The fourth-order valence-corrected chi connectivity index (χ4v) is 1.67. The molecule has 0 fully saturated rings. The molecule has 2 N–H and O–H groups in total. The summed E-state index contributed by atoms with van der Waals surface area (Å²) >= 11 is 0. The smallest absolute Gasteiger partial charge is 0.337 e. The molecule has 104 valence electrons. The summed E-state index contributed by atoms with van der Waals surface area (Å²) in [5.41, 5.74) is 0.961. The van der Waals surface area contributed by atoms with Crippen molar-refractivity contribution in [2.24, 2.45) is 0 Å². The van der Waals surface area contributed by atoms with Gasteiger partial charge in [-0.25, -0.2) is 9.59 Å². The second-order valence-corrected chi connectivity index (χ2v) is 4.03. The standard InChI is InChI=1S/C13H13N3O4/c1-16(11-5-3-2-4-10(11)12(17)18)13(19)14-8-9-6-7-20-15-9/h2-7H,8H2,1H3,(H,14,19)(H,17,18). The highest BCUT2D eigenvalue weighted by molar-refractivity contribution is 6.01. The number of carbonyl (C=O) groups is 2. The van der Waals surface area contributed by atoms with Crippen LogP contribution >= 0.6 is 0 Å². The number of nitrogens with one attached hydrogen (secondary N) is 1. The Balaban J connectivity index is 2.08. The third kappa shape index (κ3) is 2.94. The van der Waals surface area contributed by atoms with Crippen LogP contribution in [0.15, 0.2) is 41.1 Å². The zero-order valence-electron chi connectivity index (χ0n) is 10.7. The van der Waals surface area contributed by atoms with Crippen molar-refractivity contribution in [1.29, 1.82) is 0 Å². The van der Waals surface area contributed by atoms with Crippen molar-refractivity contribution < 1.29 is 19.2 Å². The molecule has 1 aromatic heterocycles. The van der Waals surface area contributed by atoms with Gasteiger partial charge in [0.25, 0.3) is 0 Å². The number of carboxylic acids is 1. The molecule has 0 unspecified atom stereocenters. The van der Waals surface area contributed by atoms with Crippen molar-refractivity contribution in [3.63, 3.8) is 0 Å². The Morgan fingerprint density at radius 2 is 2.10 bits per heavy atom. The summed E-state index contributed by atoms with van der Waals surface area (Å²) in [6.07, 6.45) is 1.41. The Bertz CT molecular complexity index is 610. The lowest BCUT2D eigenvalue weighted by atomic mass is 10.1. The maximum absolute atomic E-state index is 12.0. The van der Waals surface area contributed by atoms with Gasteiger partial charge in [0.05, 0.1) is 17.8 Å². The molecule has 0 saturated heterocycles. The van der Waals surface area contributed by atoms with Crippen LogP contribution in [0, 0.1) is 0 Å². The highest BCUT2D eigenvalue weighted by Gasteiger charge is 2.17. The molecule has 0 bridgehead atoms. The zero-order valence-corrected chi connectivity index (χ0v) is 10.7. The van der Waals surface area contributed by atoms with E-state index in [4.69, 9.17) is 5.11 Å². The Labute approximate surface area is 114 Å². The molecule has 0 saturated carbocycles. The maximum Gasteiger partial charge on any atom is 0.337 e. The molecule has 0 spiro atoms. The van der Waals surface area contributed by atoms with E-state index in [1.807, 2.05) is 0 Å². The number of carboxylic acid groups (broad SMARTS) is 1. The van der Waals surface area contributed by atoms with Gasteiger partial charge in [-0.3, -0.25) is 4.90 Å². The Morgan fingerprint density at radius 1 is 1.35 bits per heavy atom. The second kappa shape index (κ2) is 5.87. The fraction of sp³-hybridized carbons (Fsp3) is 0.154. The topological polar surface area (TPSA) is 95.7 Å². The van der Waals surface area contributed by atoms with Crippen molar-refractivity contribution in [3.8, 4) is 0 Å². The summed E-state index contributed by atoms with van der Waals surface area (Å²) in [6.45, 7) is 0.203. The van der Waals surface area contributed by atoms with E-state index in [1.165, 1.54) is 24.3 Å². The van der Waals surface area contributed by atoms with Crippen LogP contribution < -0.4 is 10.2 Å². The van der Waals surface area contributed by atoms with Gasteiger partial charge in [-0.05, 0) is 12.1 Å². The molecule has 2 aromatic rings. The monoisotopic (exact) mass is 275 g/mol. The SMILES string of the molecule is CN(C(=O)NCc1ccon1)c1ccccc1C(=O)O. The van der Waals surface area contributed by atoms with Crippen LogP contribution in [0.1, 0.15) is 16.1 Å². The number of urea groups is 1. The number of rotatable bonds is 4. The minimum atomic E-state index is -1.09. The Hall–Kier alpha value is -2.83. The van der Waals surface area contributed by atoms with E-state index >= 15 is 0 Å². The quantitative estimate of drug-likeness (QED) is 0.885. The van der Waals surface area contributed by atoms with Gasteiger partial charge in [-0.15, -0.1) is 0 Å². The summed E-state index contributed by atoms with van der Waals surface area (Å²) in [5, 5.41) is 15.4. The molecule has 0 atom stereocenters. The lowest BCUT2D eigenvalue weighted by Gasteiger charge is -2.19. The first-order valence-corrected chi connectivity index (χ1v) is 5.82. The average Bonchev–Trinajstić information content (AvgIpc) is 2.97. The number of anilines is 1. The van der Waals surface area contributed by atoms with Gasteiger partial charge in [0, 0.05) is 13.1 Å². The average molecular weight is 275 g/mol. The first-order valence-electron chi connectivity index (χ1n) is 5.82. The minimum Gasteiger partial charge on any atom is -0.478 e. The number of hydrogen-bond donors (Lipinski definition) is 2. The van der Waals surface area contributed by atoms with Gasteiger partial charge in [0.15, 0.2) is 0 Å². The lowest BCUT2D eigenvalue weighted by molar-refractivity contribution is 0.0697. The predicted molar refractivity (Wildman–Crippen MR) is 70.5 cm³/mol. The maximum atomic E-state index is 12.0. The minimum absolute atomic E-state index is 0.0617.